The van der Waals surface area contributed by atoms with Gasteiger partial charge in [0.05, 0.1) is 10.5 Å². The van der Waals surface area contributed by atoms with Crippen LogP contribution in [0.2, 0.25) is 0 Å². The number of rotatable bonds is 5. The molecule has 0 amide bonds. The van der Waals surface area contributed by atoms with Crippen LogP contribution in [0.15, 0.2) is 18.2 Å². The van der Waals surface area contributed by atoms with E-state index < -0.39 is 10.9 Å². The zero-order chi connectivity index (χ0) is 16.4. The zero-order valence-corrected chi connectivity index (χ0v) is 13.1. The molecule has 0 aromatic heterocycles. The Labute approximate surface area is 124 Å². The molecule has 0 aliphatic carbocycles. The first-order chi connectivity index (χ1) is 9.41. The van der Waals surface area contributed by atoms with Gasteiger partial charge in [-0.1, -0.05) is 20.8 Å². The second-order valence-electron chi connectivity index (χ2n) is 7.04. The second kappa shape index (κ2) is 5.71. The predicted octanol–water partition coefficient (Wildman–Crippen LogP) is 3.92. The Morgan fingerprint density at radius 2 is 1.86 bits per heavy atom. The molecular weight excluding hydrogens is 272 g/mol. The van der Waals surface area contributed by atoms with Crippen molar-refractivity contribution in [2.24, 2.45) is 5.41 Å². The summed E-state index contributed by atoms with van der Waals surface area (Å²) in [5.74, 6) is -1.18. The van der Waals surface area contributed by atoms with E-state index in [1.54, 1.807) is 0 Å². The van der Waals surface area contributed by atoms with Crippen molar-refractivity contribution in [3.8, 4) is 0 Å². The molecule has 1 rings (SSSR count). The Bertz CT molecular complexity index is 559. The van der Waals surface area contributed by atoms with Gasteiger partial charge < -0.3 is 10.4 Å². The number of hydrogen-bond acceptors (Lipinski definition) is 4. The van der Waals surface area contributed by atoms with Gasteiger partial charge in [-0.15, -0.1) is 0 Å². The third-order valence-electron chi connectivity index (χ3n) is 2.89. The number of nitrogens with zero attached hydrogens (tertiary/aromatic N) is 1. The predicted molar refractivity (Wildman–Crippen MR) is 81.8 cm³/mol. The van der Waals surface area contributed by atoms with Gasteiger partial charge in [0.15, 0.2) is 0 Å². The number of aromatic carboxylic acids is 1. The summed E-state index contributed by atoms with van der Waals surface area (Å²) in [4.78, 5) is 21.5. The Morgan fingerprint density at radius 3 is 2.29 bits per heavy atom. The monoisotopic (exact) mass is 294 g/mol. The largest absolute Gasteiger partial charge is 0.478 e. The smallest absolute Gasteiger partial charge is 0.335 e. The normalized spacial score (nSPS) is 12.0. The molecule has 6 nitrogen and oxygen atoms in total. The highest BCUT2D eigenvalue weighted by molar-refractivity contribution is 5.89. The highest BCUT2D eigenvalue weighted by Gasteiger charge is 2.28. The molecule has 0 unspecified atom stereocenters. The molecule has 21 heavy (non-hydrogen) atoms. The van der Waals surface area contributed by atoms with Crippen molar-refractivity contribution in [3.63, 3.8) is 0 Å². The lowest BCUT2D eigenvalue weighted by atomic mass is 9.81. The number of nitrogens with one attached hydrogen (secondary N) is 1. The summed E-state index contributed by atoms with van der Waals surface area (Å²) in [5, 5.41) is 23.2. The van der Waals surface area contributed by atoms with E-state index in [4.69, 9.17) is 5.11 Å². The number of carbonyl (C=O) groups is 1. The molecule has 6 heteroatoms. The van der Waals surface area contributed by atoms with E-state index in [2.05, 4.69) is 26.1 Å². The molecule has 0 atom stereocenters. The molecule has 0 heterocycles. The van der Waals surface area contributed by atoms with E-state index in [1.807, 2.05) is 13.8 Å². The van der Waals surface area contributed by atoms with Crippen LogP contribution in [0.1, 0.15) is 51.4 Å². The van der Waals surface area contributed by atoms with Crippen LogP contribution in [0, 0.1) is 15.5 Å². The fourth-order valence-corrected chi connectivity index (χ4v) is 2.66. The van der Waals surface area contributed by atoms with Gasteiger partial charge in [-0.3, -0.25) is 10.1 Å². The number of carboxylic acid groups (broad SMARTS) is 1. The minimum atomic E-state index is -1.18. The van der Waals surface area contributed by atoms with Gasteiger partial charge >= 0.3 is 5.97 Å². The van der Waals surface area contributed by atoms with Crippen LogP contribution in [0.25, 0.3) is 0 Å². The number of carboxylic acids is 1. The van der Waals surface area contributed by atoms with Gasteiger partial charge in [0.1, 0.15) is 5.69 Å². The van der Waals surface area contributed by atoms with Crippen molar-refractivity contribution in [2.45, 2.75) is 46.6 Å². The lowest BCUT2D eigenvalue weighted by molar-refractivity contribution is -0.384. The summed E-state index contributed by atoms with van der Waals surface area (Å²) in [5.41, 5.74) is -0.281. The molecule has 0 saturated heterocycles. The van der Waals surface area contributed by atoms with Crippen molar-refractivity contribution in [1.29, 1.82) is 0 Å². The molecule has 1 aromatic rings. The summed E-state index contributed by atoms with van der Waals surface area (Å²) in [6.07, 6.45) is 0.803. The average Bonchev–Trinajstić information content (AvgIpc) is 2.24. The molecule has 116 valence electrons. The Kier molecular flexibility index (Phi) is 4.61. The first-order valence-corrected chi connectivity index (χ1v) is 6.71. The third kappa shape index (κ3) is 5.06. The van der Waals surface area contributed by atoms with Gasteiger partial charge in [0.25, 0.3) is 5.69 Å². The van der Waals surface area contributed by atoms with Crippen molar-refractivity contribution < 1.29 is 14.8 Å². The molecule has 0 saturated carbocycles. The molecule has 0 fully saturated rings. The third-order valence-corrected chi connectivity index (χ3v) is 2.89. The van der Waals surface area contributed by atoms with E-state index in [1.165, 1.54) is 12.1 Å². The maximum absolute atomic E-state index is 11.1. The number of anilines is 1. The first kappa shape index (κ1) is 16.9. The summed E-state index contributed by atoms with van der Waals surface area (Å²) in [6.45, 7) is 10.2. The molecule has 0 spiro atoms. The fraction of sp³-hybridized carbons (Fsp3) is 0.533. The summed E-state index contributed by atoms with van der Waals surface area (Å²) in [7, 11) is 0. The van der Waals surface area contributed by atoms with Crippen LogP contribution in [0.5, 0.6) is 0 Å². The molecule has 2 N–H and O–H groups in total. The highest BCUT2D eigenvalue weighted by atomic mass is 16.6. The van der Waals surface area contributed by atoms with Gasteiger partial charge in [-0.2, -0.15) is 0 Å². The quantitative estimate of drug-likeness (QED) is 0.634. The van der Waals surface area contributed by atoms with Gasteiger partial charge in [0.2, 0.25) is 0 Å². The van der Waals surface area contributed by atoms with Gasteiger partial charge in [-0.05, 0) is 37.8 Å². The van der Waals surface area contributed by atoms with E-state index >= 15 is 0 Å². The van der Waals surface area contributed by atoms with E-state index in [-0.39, 0.29) is 22.2 Å². The van der Waals surface area contributed by atoms with Crippen molar-refractivity contribution >= 4 is 17.3 Å². The summed E-state index contributed by atoms with van der Waals surface area (Å²) < 4.78 is 0. The highest BCUT2D eigenvalue weighted by Crippen LogP contribution is 2.33. The van der Waals surface area contributed by atoms with Gasteiger partial charge in [-0.25, -0.2) is 4.79 Å². The molecule has 0 aliphatic heterocycles. The average molecular weight is 294 g/mol. The molecule has 0 bridgehead atoms. The zero-order valence-electron chi connectivity index (χ0n) is 13.1. The van der Waals surface area contributed by atoms with Crippen molar-refractivity contribution in [3.05, 3.63) is 33.9 Å². The number of benzene rings is 1. The molecule has 0 aliphatic rings. The van der Waals surface area contributed by atoms with E-state index in [9.17, 15) is 14.9 Å². The van der Waals surface area contributed by atoms with E-state index in [0.29, 0.717) is 5.69 Å². The Balaban J connectivity index is 3.13. The minimum absolute atomic E-state index is 0.0618. The molecule has 0 radical (unpaired) electrons. The van der Waals surface area contributed by atoms with Crippen LogP contribution in [0.3, 0.4) is 0 Å². The minimum Gasteiger partial charge on any atom is -0.478 e. The Hall–Kier alpha value is -2.11. The van der Waals surface area contributed by atoms with Crippen LogP contribution in [-0.4, -0.2) is 21.5 Å². The number of nitro benzene ring substituents is 1. The van der Waals surface area contributed by atoms with Crippen LogP contribution >= 0.6 is 0 Å². The first-order valence-electron chi connectivity index (χ1n) is 6.71. The summed E-state index contributed by atoms with van der Waals surface area (Å²) in [6, 6.07) is 3.90. The van der Waals surface area contributed by atoms with E-state index in [0.717, 1.165) is 12.5 Å². The van der Waals surface area contributed by atoms with Crippen LogP contribution in [0.4, 0.5) is 11.4 Å². The lowest BCUT2D eigenvalue weighted by Crippen LogP contribution is -2.35. The number of hydrogen-bond donors (Lipinski definition) is 2. The van der Waals surface area contributed by atoms with Crippen LogP contribution < -0.4 is 5.32 Å². The van der Waals surface area contributed by atoms with Crippen LogP contribution in [-0.2, 0) is 0 Å². The fourth-order valence-electron chi connectivity index (χ4n) is 2.66. The van der Waals surface area contributed by atoms with Crippen molar-refractivity contribution in [2.75, 3.05) is 5.32 Å². The second-order valence-corrected chi connectivity index (χ2v) is 7.04. The molecular formula is C15H22N2O4. The summed E-state index contributed by atoms with van der Waals surface area (Å²) >= 11 is 0. The number of nitro groups is 1. The maximum atomic E-state index is 11.1. The maximum Gasteiger partial charge on any atom is 0.335 e. The standard InChI is InChI=1S/C15H22N2O4/c1-14(2,3)9-15(4,5)16-11-7-6-10(13(18)19)8-12(11)17(20)21/h6-8,16H,9H2,1-5H3,(H,18,19). The van der Waals surface area contributed by atoms with Gasteiger partial charge in [0, 0.05) is 11.6 Å². The van der Waals surface area contributed by atoms with Crippen molar-refractivity contribution in [1.82, 2.24) is 0 Å². The Morgan fingerprint density at radius 1 is 1.29 bits per heavy atom. The lowest BCUT2D eigenvalue weighted by Gasteiger charge is -2.34. The molecule has 1 aromatic carbocycles. The topological polar surface area (TPSA) is 92.5 Å². The SMILES string of the molecule is CC(C)(C)CC(C)(C)Nc1ccc(C(=O)O)cc1[N+](=O)[O-].